The highest BCUT2D eigenvalue weighted by Gasteiger charge is 2.16. The van der Waals surface area contributed by atoms with Gasteiger partial charge in [-0.1, -0.05) is 28.9 Å². The molecular weight excluding hydrogens is 452 g/mol. The van der Waals surface area contributed by atoms with Gasteiger partial charge < -0.3 is 19.3 Å². The third-order valence-electron chi connectivity index (χ3n) is 6.14. The number of anilines is 2. The highest BCUT2D eigenvalue weighted by Crippen LogP contribution is 2.39. The average molecular weight is 479 g/mol. The number of hydrogen-bond donors (Lipinski definition) is 1. The van der Waals surface area contributed by atoms with Gasteiger partial charge in [0.2, 0.25) is 5.71 Å². The van der Waals surface area contributed by atoms with Crippen LogP contribution in [0, 0.1) is 0 Å². The largest absolute Gasteiger partial charge is 0.497 e. The van der Waals surface area contributed by atoms with Crippen molar-refractivity contribution in [3.8, 4) is 5.75 Å². The number of nitrogens with zero attached hydrogens (tertiary/aromatic N) is 3. The number of halogens is 1. The van der Waals surface area contributed by atoms with Crippen molar-refractivity contribution in [1.82, 2.24) is 9.88 Å². The summed E-state index contributed by atoms with van der Waals surface area (Å²) in [6.45, 7) is 5.82. The summed E-state index contributed by atoms with van der Waals surface area (Å²) >= 11 is 6.44. The van der Waals surface area contributed by atoms with Crippen molar-refractivity contribution >= 4 is 50.7 Å². The van der Waals surface area contributed by atoms with E-state index in [4.69, 9.17) is 25.6 Å². The minimum Gasteiger partial charge on any atom is -0.497 e. The number of hydrogen-bond acceptors (Lipinski definition) is 7. The van der Waals surface area contributed by atoms with Crippen LogP contribution in [0.4, 0.5) is 11.4 Å². The predicted octanol–water partition coefficient (Wildman–Crippen LogP) is 6.22. The van der Waals surface area contributed by atoms with E-state index in [1.54, 1.807) is 7.11 Å². The molecule has 1 fully saturated rings. The Hall–Kier alpha value is -3.29. The zero-order valence-electron chi connectivity index (χ0n) is 19.3. The highest BCUT2D eigenvalue weighted by atomic mass is 35.5. The quantitative estimate of drug-likeness (QED) is 0.184. The first-order chi connectivity index (χ1) is 16.6. The van der Waals surface area contributed by atoms with Crippen LogP contribution in [-0.2, 0) is 4.84 Å². The van der Waals surface area contributed by atoms with Gasteiger partial charge in [-0.2, -0.15) is 0 Å². The maximum Gasteiger partial charge on any atom is 0.230 e. The van der Waals surface area contributed by atoms with E-state index in [9.17, 15) is 0 Å². The van der Waals surface area contributed by atoms with E-state index < -0.39 is 0 Å². The molecular formula is C26H27ClN4O3. The Morgan fingerprint density at radius 3 is 2.74 bits per heavy atom. The first kappa shape index (κ1) is 22.5. The predicted molar refractivity (Wildman–Crippen MR) is 137 cm³/mol. The number of oxime groups is 1. The van der Waals surface area contributed by atoms with E-state index in [-0.39, 0.29) is 0 Å². The Bertz CT molecular complexity index is 1330. The molecule has 4 aromatic rings. The fraction of sp³-hybridized carbons (Fsp3) is 0.308. The number of nitrogens with one attached hydrogen (secondary N) is 1. The second-order valence-corrected chi connectivity index (χ2v) is 8.80. The molecule has 1 saturated heterocycles. The van der Waals surface area contributed by atoms with Crippen LogP contribution in [0.2, 0.25) is 5.02 Å². The van der Waals surface area contributed by atoms with Gasteiger partial charge in [0.25, 0.3) is 0 Å². The van der Waals surface area contributed by atoms with E-state index in [0.717, 1.165) is 64.3 Å². The number of benzene rings is 2. The summed E-state index contributed by atoms with van der Waals surface area (Å²) in [6.07, 6.45) is 4.07. The van der Waals surface area contributed by atoms with Crippen LogP contribution in [0.5, 0.6) is 5.75 Å². The zero-order chi connectivity index (χ0) is 23.5. The van der Waals surface area contributed by atoms with Gasteiger partial charge in [0.05, 0.1) is 34.4 Å². The number of rotatable bonds is 8. The molecule has 1 N–H and O–H groups in total. The Kier molecular flexibility index (Phi) is 6.56. The van der Waals surface area contributed by atoms with Crippen LogP contribution in [-0.4, -0.2) is 48.9 Å². The van der Waals surface area contributed by atoms with Crippen molar-refractivity contribution in [1.29, 1.82) is 0 Å². The standard InChI is InChI=1S/C26H27ClN4O3/c1-17(30-34-14-13-31-11-3-4-12-31)18-5-7-19(8-6-18)28-25-21-10-9-20(32-2)15-23(21)29-26-24(25)22(27)16-33-26/h5-10,15-16H,3-4,11-14H2,1-2H3,(H,28,29)/b30-17+. The topological polar surface area (TPSA) is 72.1 Å². The van der Waals surface area contributed by atoms with Gasteiger partial charge in [-0.3, -0.25) is 4.90 Å². The lowest BCUT2D eigenvalue weighted by Gasteiger charge is -2.13. The maximum absolute atomic E-state index is 6.44. The minimum absolute atomic E-state index is 0.471. The van der Waals surface area contributed by atoms with Crippen molar-refractivity contribution in [2.75, 3.05) is 38.7 Å². The number of ether oxygens (including phenoxy) is 1. The van der Waals surface area contributed by atoms with Gasteiger partial charge in [0.1, 0.15) is 18.6 Å². The zero-order valence-corrected chi connectivity index (χ0v) is 20.1. The molecule has 34 heavy (non-hydrogen) atoms. The highest BCUT2D eigenvalue weighted by molar-refractivity contribution is 6.37. The van der Waals surface area contributed by atoms with Gasteiger partial charge in [0, 0.05) is 23.7 Å². The van der Waals surface area contributed by atoms with Gasteiger partial charge in [-0.25, -0.2) is 4.98 Å². The molecule has 7 nitrogen and oxygen atoms in total. The average Bonchev–Trinajstić information content (AvgIpc) is 3.51. The summed E-state index contributed by atoms with van der Waals surface area (Å²) in [5.74, 6) is 0.727. The number of likely N-dealkylation sites (tertiary alicyclic amines) is 1. The second kappa shape index (κ2) is 9.91. The van der Waals surface area contributed by atoms with Gasteiger partial charge in [-0.15, -0.1) is 0 Å². The summed E-state index contributed by atoms with van der Waals surface area (Å²) in [5, 5.41) is 9.97. The molecule has 3 heterocycles. The summed E-state index contributed by atoms with van der Waals surface area (Å²) in [5.41, 5.74) is 4.82. The molecule has 0 unspecified atom stereocenters. The summed E-state index contributed by atoms with van der Waals surface area (Å²) in [4.78, 5) is 12.6. The molecule has 8 heteroatoms. The first-order valence-electron chi connectivity index (χ1n) is 11.4. The molecule has 1 aliphatic heterocycles. The summed E-state index contributed by atoms with van der Waals surface area (Å²) < 4.78 is 10.9. The lowest BCUT2D eigenvalue weighted by molar-refractivity contribution is 0.119. The van der Waals surface area contributed by atoms with Crippen molar-refractivity contribution in [2.24, 2.45) is 5.16 Å². The molecule has 1 aliphatic rings. The molecule has 0 radical (unpaired) electrons. The van der Waals surface area contributed by atoms with Crippen molar-refractivity contribution in [3.63, 3.8) is 0 Å². The van der Waals surface area contributed by atoms with E-state index in [1.165, 1.54) is 19.1 Å². The van der Waals surface area contributed by atoms with Crippen LogP contribution < -0.4 is 10.1 Å². The summed E-state index contributed by atoms with van der Waals surface area (Å²) in [7, 11) is 1.63. The molecule has 0 atom stereocenters. The Balaban J connectivity index is 1.35. The van der Waals surface area contributed by atoms with Gasteiger partial charge >= 0.3 is 0 Å². The molecule has 0 saturated carbocycles. The van der Waals surface area contributed by atoms with Crippen LogP contribution in [0.15, 0.2) is 58.3 Å². The van der Waals surface area contributed by atoms with Gasteiger partial charge in [-0.05, 0) is 62.7 Å². The monoisotopic (exact) mass is 478 g/mol. The van der Waals surface area contributed by atoms with E-state index in [0.29, 0.717) is 17.3 Å². The number of methoxy groups -OCH3 is 1. The SMILES string of the molecule is COc1ccc2c(Nc3ccc(/C(C)=N/OCCN4CCCC4)cc3)c3c(Cl)coc3nc2c1. The number of fused-ring (bicyclic) bond motifs is 2. The van der Waals surface area contributed by atoms with Crippen LogP contribution in [0.3, 0.4) is 0 Å². The number of furan rings is 1. The van der Waals surface area contributed by atoms with Crippen molar-refractivity contribution in [3.05, 3.63) is 59.3 Å². The molecule has 5 rings (SSSR count). The first-order valence-corrected chi connectivity index (χ1v) is 11.8. The Morgan fingerprint density at radius 1 is 1.18 bits per heavy atom. The molecule has 0 spiro atoms. The van der Waals surface area contributed by atoms with Crippen LogP contribution >= 0.6 is 11.6 Å². The molecule has 0 bridgehead atoms. The minimum atomic E-state index is 0.471. The third-order valence-corrected chi connectivity index (χ3v) is 6.42. The maximum atomic E-state index is 6.44. The van der Waals surface area contributed by atoms with Crippen molar-refractivity contribution in [2.45, 2.75) is 19.8 Å². The van der Waals surface area contributed by atoms with Crippen LogP contribution in [0.25, 0.3) is 22.0 Å². The van der Waals surface area contributed by atoms with Crippen LogP contribution in [0.1, 0.15) is 25.3 Å². The second-order valence-electron chi connectivity index (χ2n) is 8.39. The Labute approximate surface area is 203 Å². The third kappa shape index (κ3) is 4.67. The lowest BCUT2D eigenvalue weighted by Crippen LogP contribution is -2.23. The fourth-order valence-electron chi connectivity index (χ4n) is 4.26. The summed E-state index contributed by atoms with van der Waals surface area (Å²) in [6, 6.07) is 13.8. The molecule has 176 valence electrons. The lowest BCUT2D eigenvalue weighted by atomic mass is 10.1. The van der Waals surface area contributed by atoms with Crippen molar-refractivity contribution < 1.29 is 14.0 Å². The molecule has 2 aromatic carbocycles. The smallest absolute Gasteiger partial charge is 0.230 e. The molecule has 2 aromatic heterocycles. The fourth-order valence-corrected chi connectivity index (χ4v) is 4.48. The molecule has 0 aliphatic carbocycles. The van der Waals surface area contributed by atoms with E-state index in [2.05, 4.69) is 20.4 Å². The van der Waals surface area contributed by atoms with Gasteiger partial charge in [0.15, 0.2) is 0 Å². The number of aromatic nitrogens is 1. The Morgan fingerprint density at radius 2 is 1.97 bits per heavy atom. The van der Waals surface area contributed by atoms with E-state index >= 15 is 0 Å². The number of pyridine rings is 1. The molecule has 0 amide bonds. The normalized spacial score (nSPS) is 14.7. The van der Waals surface area contributed by atoms with E-state index in [1.807, 2.05) is 49.4 Å².